The summed E-state index contributed by atoms with van der Waals surface area (Å²) < 4.78 is 12.7. The summed E-state index contributed by atoms with van der Waals surface area (Å²) in [5.41, 5.74) is 4.42. The molecule has 0 amide bonds. The molecule has 2 saturated heterocycles. The lowest BCUT2D eigenvalue weighted by Gasteiger charge is -2.42. The number of aromatic nitrogens is 4. The van der Waals surface area contributed by atoms with E-state index in [1.165, 1.54) is 5.69 Å². The molecule has 3 fully saturated rings. The maximum absolute atomic E-state index is 10.1. The molecule has 10 heteroatoms. The van der Waals surface area contributed by atoms with Crippen LogP contribution in [-0.4, -0.2) is 101 Å². The van der Waals surface area contributed by atoms with E-state index in [-0.39, 0.29) is 12.1 Å². The Morgan fingerprint density at radius 3 is 2.61 bits per heavy atom. The number of fused-ring (bicyclic) bond motifs is 1. The van der Waals surface area contributed by atoms with Crippen molar-refractivity contribution >= 4 is 17.3 Å². The number of ether oxygens (including phenoxy) is 2. The Bertz CT molecular complexity index is 1230. The Balaban J connectivity index is 1.30. The number of anilines is 2. The minimum Gasteiger partial charge on any atom is -0.393 e. The highest BCUT2D eigenvalue weighted by Crippen LogP contribution is 2.38. The first-order chi connectivity index (χ1) is 18.6. The topological polar surface area (TPSA) is 100 Å². The second-order valence-electron chi connectivity index (χ2n) is 11.0. The highest BCUT2D eigenvalue weighted by Gasteiger charge is 2.30. The van der Waals surface area contributed by atoms with E-state index in [1.807, 2.05) is 12.4 Å². The molecule has 0 aromatic carbocycles. The Morgan fingerprint density at radius 2 is 1.89 bits per heavy atom. The molecule has 1 atom stereocenters. The van der Waals surface area contributed by atoms with Gasteiger partial charge in [0.25, 0.3) is 0 Å². The molecule has 0 spiro atoms. The first kappa shape index (κ1) is 25.5. The molecule has 1 saturated carbocycles. The van der Waals surface area contributed by atoms with Crippen LogP contribution in [0, 0.1) is 0 Å². The van der Waals surface area contributed by atoms with Gasteiger partial charge in [0.05, 0.1) is 43.7 Å². The Labute approximate surface area is 224 Å². The largest absolute Gasteiger partial charge is 0.393 e. The third-order valence-electron chi connectivity index (χ3n) is 8.28. The summed E-state index contributed by atoms with van der Waals surface area (Å²) >= 11 is 0. The molecule has 204 valence electrons. The van der Waals surface area contributed by atoms with Crippen molar-refractivity contribution in [2.24, 2.45) is 0 Å². The Kier molecular flexibility index (Phi) is 7.47. The normalized spacial score (nSPS) is 23.9. The summed E-state index contributed by atoms with van der Waals surface area (Å²) in [5, 5.41) is 18.4. The molecular formula is C28H39N7O3. The van der Waals surface area contributed by atoms with Gasteiger partial charge in [0.1, 0.15) is 5.82 Å². The minimum atomic E-state index is -0.196. The zero-order valence-electron chi connectivity index (χ0n) is 22.4. The maximum Gasteiger partial charge on any atom is 0.241 e. The van der Waals surface area contributed by atoms with Gasteiger partial charge in [-0.2, -0.15) is 0 Å². The van der Waals surface area contributed by atoms with E-state index in [1.54, 1.807) is 7.11 Å². The van der Waals surface area contributed by atoms with Crippen molar-refractivity contribution in [2.45, 2.75) is 56.7 Å². The summed E-state index contributed by atoms with van der Waals surface area (Å²) in [6, 6.07) is 7.25. The number of aliphatic hydroxyl groups excluding tert-OH is 1. The van der Waals surface area contributed by atoms with Crippen molar-refractivity contribution in [2.75, 3.05) is 63.3 Å². The number of aliphatic hydroxyl groups is 1. The number of hydrogen-bond acceptors (Lipinski definition) is 9. The molecule has 1 aliphatic carbocycles. The van der Waals surface area contributed by atoms with E-state index >= 15 is 0 Å². The van der Waals surface area contributed by atoms with Gasteiger partial charge in [-0.3, -0.25) is 4.90 Å². The molecule has 0 bridgehead atoms. The minimum absolute atomic E-state index is 0.0980. The van der Waals surface area contributed by atoms with Gasteiger partial charge in [-0.05, 0) is 56.4 Å². The van der Waals surface area contributed by atoms with Crippen LogP contribution in [0.3, 0.4) is 0 Å². The molecule has 5 heterocycles. The highest BCUT2D eigenvalue weighted by molar-refractivity contribution is 5.82. The predicted octanol–water partition coefficient (Wildman–Crippen LogP) is 2.78. The second-order valence-corrected chi connectivity index (χ2v) is 11.0. The zero-order valence-corrected chi connectivity index (χ0v) is 22.4. The van der Waals surface area contributed by atoms with E-state index in [9.17, 15) is 5.11 Å². The molecule has 3 aromatic heterocycles. The third kappa shape index (κ3) is 5.22. The zero-order chi connectivity index (χ0) is 26.1. The smallest absolute Gasteiger partial charge is 0.241 e. The van der Waals surface area contributed by atoms with E-state index in [0.717, 1.165) is 87.5 Å². The molecule has 38 heavy (non-hydrogen) atoms. The monoisotopic (exact) mass is 521 g/mol. The van der Waals surface area contributed by atoms with Gasteiger partial charge in [0, 0.05) is 62.7 Å². The quantitative estimate of drug-likeness (QED) is 0.463. The van der Waals surface area contributed by atoms with Crippen LogP contribution in [0.1, 0.15) is 44.2 Å². The van der Waals surface area contributed by atoms with Crippen molar-refractivity contribution in [3.8, 4) is 11.1 Å². The van der Waals surface area contributed by atoms with Crippen molar-refractivity contribution in [3.63, 3.8) is 0 Å². The van der Waals surface area contributed by atoms with Gasteiger partial charge in [0.2, 0.25) is 5.95 Å². The summed E-state index contributed by atoms with van der Waals surface area (Å²) in [4.78, 5) is 14.3. The maximum atomic E-state index is 10.1. The molecule has 3 aliphatic rings. The number of hydrogen-bond donors (Lipinski definition) is 2. The lowest BCUT2D eigenvalue weighted by molar-refractivity contribution is -0.0660. The molecule has 6 rings (SSSR count). The average Bonchev–Trinajstić information content (AvgIpc) is 3.28. The summed E-state index contributed by atoms with van der Waals surface area (Å²) in [6.45, 7) is 8.38. The van der Waals surface area contributed by atoms with Gasteiger partial charge in [-0.15, -0.1) is 5.10 Å². The van der Waals surface area contributed by atoms with Crippen LogP contribution in [0.15, 0.2) is 30.6 Å². The standard InChI is InChI=1S/C28H39N7O3/c1-19(16-37-2)31-28-30-15-26-24(14-25(35(26)32-28)20-3-5-23(36)6-4-20)21-7-8-29-27(13-21)34-11-9-33(10-12-34)22-17-38-18-22/h7-8,13-15,19-20,22-23,36H,3-6,9-12,16-18H2,1-2H3,(H,31,32)/t19-,20?,23?/m0/s1. The van der Waals surface area contributed by atoms with Crippen LogP contribution in [0.5, 0.6) is 0 Å². The van der Waals surface area contributed by atoms with Crippen molar-refractivity contribution < 1.29 is 14.6 Å². The predicted molar refractivity (Wildman–Crippen MR) is 147 cm³/mol. The van der Waals surface area contributed by atoms with Crippen LogP contribution in [0.2, 0.25) is 0 Å². The number of rotatable bonds is 8. The first-order valence-electron chi connectivity index (χ1n) is 13.9. The van der Waals surface area contributed by atoms with Gasteiger partial charge < -0.3 is 24.8 Å². The van der Waals surface area contributed by atoms with Crippen LogP contribution in [0.4, 0.5) is 11.8 Å². The SMILES string of the molecule is COC[C@H](C)Nc1ncc2c(-c3ccnc(N4CCN(C5COC5)CC4)c3)cc(C3CCC(O)CC3)n2n1. The highest BCUT2D eigenvalue weighted by atomic mass is 16.5. The number of methoxy groups -OCH3 is 1. The van der Waals surface area contributed by atoms with Crippen molar-refractivity contribution in [1.29, 1.82) is 0 Å². The lowest BCUT2D eigenvalue weighted by Crippen LogP contribution is -2.56. The summed E-state index contributed by atoms with van der Waals surface area (Å²) in [7, 11) is 1.70. The number of pyridine rings is 1. The fraction of sp³-hybridized carbons (Fsp3) is 0.607. The second kappa shape index (κ2) is 11.1. The van der Waals surface area contributed by atoms with Crippen LogP contribution >= 0.6 is 0 Å². The first-order valence-corrected chi connectivity index (χ1v) is 13.9. The van der Waals surface area contributed by atoms with Crippen LogP contribution in [0.25, 0.3) is 16.6 Å². The molecule has 10 nitrogen and oxygen atoms in total. The van der Waals surface area contributed by atoms with E-state index in [4.69, 9.17) is 19.6 Å². The third-order valence-corrected chi connectivity index (χ3v) is 8.28. The van der Waals surface area contributed by atoms with Gasteiger partial charge in [-0.25, -0.2) is 14.5 Å². The number of piperazine rings is 1. The number of nitrogens with zero attached hydrogens (tertiary/aromatic N) is 6. The van der Waals surface area contributed by atoms with Crippen molar-refractivity contribution in [3.05, 3.63) is 36.3 Å². The summed E-state index contributed by atoms with van der Waals surface area (Å²) in [6.07, 6.45) is 7.21. The van der Waals surface area contributed by atoms with E-state index < -0.39 is 0 Å². The molecule has 0 unspecified atom stereocenters. The van der Waals surface area contributed by atoms with E-state index in [2.05, 4.69) is 49.7 Å². The van der Waals surface area contributed by atoms with Gasteiger partial charge in [-0.1, -0.05) is 0 Å². The fourth-order valence-electron chi connectivity index (χ4n) is 6.00. The molecule has 2 N–H and O–H groups in total. The Morgan fingerprint density at radius 1 is 1.11 bits per heavy atom. The molecular weight excluding hydrogens is 482 g/mol. The summed E-state index contributed by atoms with van der Waals surface area (Å²) in [5.74, 6) is 1.96. The molecule has 2 aliphatic heterocycles. The van der Waals surface area contributed by atoms with Crippen molar-refractivity contribution in [1.82, 2.24) is 24.5 Å². The van der Waals surface area contributed by atoms with Gasteiger partial charge >= 0.3 is 0 Å². The van der Waals surface area contributed by atoms with Crippen LogP contribution in [-0.2, 0) is 9.47 Å². The van der Waals surface area contributed by atoms with Gasteiger partial charge in [0.15, 0.2) is 0 Å². The average molecular weight is 522 g/mol. The Hall–Kier alpha value is -2.79. The lowest BCUT2D eigenvalue weighted by atomic mass is 9.85. The number of nitrogens with one attached hydrogen (secondary N) is 1. The fourth-order valence-corrected chi connectivity index (χ4v) is 6.00. The molecule has 3 aromatic rings. The molecule has 0 radical (unpaired) electrons. The van der Waals surface area contributed by atoms with Crippen LogP contribution < -0.4 is 10.2 Å². The van der Waals surface area contributed by atoms with E-state index in [0.29, 0.717) is 24.5 Å².